The van der Waals surface area contributed by atoms with Crippen LogP contribution in [0.25, 0.3) is 17.3 Å². The molecule has 12 heteroatoms. The third kappa shape index (κ3) is 7.98. The van der Waals surface area contributed by atoms with E-state index in [9.17, 15) is 18.4 Å². The SMILES string of the molecule is CO/C(=C/c1c(F)cc(C(=O)Nc2nc(-c3cccc(CCOCCCCCl)c3OC)cs2)cc1F)C(=O)O. The molecule has 0 saturated carbocycles. The molecule has 39 heavy (non-hydrogen) atoms. The molecule has 208 valence electrons. The maximum absolute atomic E-state index is 14.5. The van der Waals surface area contributed by atoms with E-state index in [1.165, 1.54) is 0 Å². The number of nitrogens with zero attached hydrogens (tertiary/aromatic N) is 1. The van der Waals surface area contributed by atoms with Crippen LogP contribution in [0.1, 0.15) is 34.3 Å². The molecule has 0 fully saturated rings. The van der Waals surface area contributed by atoms with Gasteiger partial charge in [0.05, 0.1) is 26.5 Å². The van der Waals surface area contributed by atoms with Gasteiger partial charge in [-0.2, -0.15) is 0 Å². The Bertz CT molecular complexity index is 1320. The number of amides is 1. The third-order valence-electron chi connectivity index (χ3n) is 5.54. The number of alkyl halides is 1. The van der Waals surface area contributed by atoms with Crippen molar-refractivity contribution >= 4 is 46.0 Å². The van der Waals surface area contributed by atoms with Gasteiger partial charge >= 0.3 is 5.97 Å². The zero-order chi connectivity index (χ0) is 28.4. The van der Waals surface area contributed by atoms with Crippen LogP contribution in [0.15, 0.2) is 41.5 Å². The van der Waals surface area contributed by atoms with E-state index in [1.807, 2.05) is 18.2 Å². The molecular formula is C27H27ClF2N2O6S. The number of methoxy groups -OCH3 is 2. The summed E-state index contributed by atoms with van der Waals surface area (Å²) in [6.07, 6.45) is 3.13. The van der Waals surface area contributed by atoms with Gasteiger partial charge in [-0.15, -0.1) is 22.9 Å². The highest BCUT2D eigenvalue weighted by Gasteiger charge is 2.19. The van der Waals surface area contributed by atoms with Crippen LogP contribution in [0.2, 0.25) is 0 Å². The number of carbonyl (C=O) groups is 2. The number of carboxylic acid groups (broad SMARTS) is 1. The number of carboxylic acids is 1. The normalized spacial score (nSPS) is 11.4. The lowest BCUT2D eigenvalue weighted by Crippen LogP contribution is -2.13. The Morgan fingerprint density at radius 1 is 1.15 bits per heavy atom. The molecule has 1 aromatic heterocycles. The van der Waals surface area contributed by atoms with Crippen molar-refractivity contribution in [3.8, 4) is 17.0 Å². The number of halogens is 3. The summed E-state index contributed by atoms with van der Waals surface area (Å²) in [4.78, 5) is 28.2. The maximum Gasteiger partial charge on any atom is 0.371 e. The van der Waals surface area contributed by atoms with E-state index in [2.05, 4.69) is 15.0 Å². The van der Waals surface area contributed by atoms with E-state index in [4.69, 9.17) is 26.2 Å². The topological polar surface area (TPSA) is 107 Å². The molecule has 0 bridgehead atoms. The molecule has 0 radical (unpaired) electrons. The number of carbonyl (C=O) groups excluding carboxylic acids is 1. The van der Waals surface area contributed by atoms with Crippen molar-refractivity contribution in [3.63, 3.8) is 0 Å². The van der Waals surface area contributed by atoms with Crippen LogP contribution in [0.5, 0.6) is 5.75 Å². The third-order valence-corrected chi connectivity index (χ3v) is 6.56. The minimum atomic E-state index is -1.49. The molecule has 0 spiro atoms. The molecule has 3 aromatic rings. The lowest BCUT2D eigenvalue weighted by Gasteiger charge is -2.12. The van der Waals surface area contributed by atoms with Crippen molar-refractivity contribution < 1.29 is 37.7 Å². The molecule has 2 N–H and O–H groups in total. The number of aliphatic carboxylic acids is 1. The highest BCUT2D eigenvalue weighted by Crippen LogP contribution is 2.35. The Morgan fingerprint density at radius 2 is 1.90 bits per heavy atom. The van der Waals surface area contributed by atoms with E-state index in [-0.39, 0.29) is 10.7 Å². The van der Waals surface area contributed by atoms with Gasteiger partial charge in [0, 0.05) is 40.6 Å². The molecule has 0 aliphatic rings. The Balaban J connectivity index is 1.74. The summed E-state index contributed by atoms with van der Waals surface area (Å²) in [5.74, 6) is -3.95. The van der Waals surface area contributed by atoms with E-state index in [1.54, 1.807) is 12.5 Å². The van der Waals surface area contributed by atoms with Crippen LogP contribution >= 0.6 is 22.9 Å². The number of ether oxygens (including phenoxy) is 3. The minimum absolute atomic E-state index is 0.211. The summed E-state index contributed by atoms with van der Waals surface area (Å²) in [5, 5.41) is 13.5. The Kier molecular flexibility index (Phi) is 11.2. The molecule has 8 nitrogen and oxygen atoms in total. The number of hydrogen-bond donors (Lipinski definition) is 2. The fraction of sp³-hybridized carbons (Fsp3) is 0.296. The summed E-state index contributed by atoms with van der Waals surface area (Å²) in [7, 11) is 2.62. The highest BCUT2D eigenvalue weighted by molar-refractivity contribution is 7.14. The molecule has 1 heterocycles. The zero-order valence-corrected chi connectivity index (χ0v) is 22.8. The number of anilines is 1. The predicted molar refractivity (Wildman–Crippen MR) is 146 cm³/mol. The number of rotatable bonds is 14. The predicted octanol–water partition coefficient (Wildman–Crippen LogP) is 6.00. The van der Waals surface area contributed by atoms with Gasteiger partial charge in [0.15, 0.2) is 5.13 Å². The van der Waals surface area contributed by atoms with Crippen LogP contribution in [0.3, 0.4) is 0 Å². The number of para-hydroxylation sites is 1. The molecule has 0 aliphatic carbocycles. The lowest BCUT2D eigenvalue weighted by atomic mass is 10.0. The maximum atomic E-state index is 14.5. The highest BCUT2D eigenvalue weighted by atomic mass is 35.5. The van der Waals surface area contributed by atoms with Crippen LogP contribution in [0, 0.1) is 11.6 Å². The van der Waals surface area contributed by atoms with Crippen molar-refractivity contribution in [3.05, 3.63) is 69.8 Å². The Morgan fingerprint density at radius 3 is 2.54 bits per heavy atom. The van der Waals surface area contributed by atoms with Crippen molar-refractivity contribution in [1.82, 2.24) is 4.98 Å². The summed E-state index contributed by atoms with van der Waals surface area (Å²) in [6, 6.07) is 7.26. The summed E-state index contributed by atoms with van der Waals surface area (Å²) >= 11 is 6.81. The van der Waals surface area contributed by atoms with Gasteiger partial charge in [0.25, 0.3) is 5.91 Å². The van der Waals surface area contributed by atoms with Crippen LogP contribution in [-0.2, 0) is 20.7 Å². The first kappa shape index (κ1) is 30.0. The zero-order valence-electron chi connectivity index (χ0n) is 21.3. The number of aromatic nitrogens is 1. The van der Waals surface area contributed by atoms with Crippen LogP contribution < -0.4 is 10.1 Å². The van der Waals surface area contributed by atoms with Gasteiger partial charge in [0.2, 0.25) is 5.76 Å². The first-order valence-corrected chi connectivity index (χ1v) is 13.2. The second-order valence-electron chi connectivity index (χ2n) is 8.12. The second-order valence-corrected chi connectivity index (χ2v) is 9.36. The van der Waals surface area contributed by atoms with Crippen molar-refractivity contribution in [2.75, 3.05) is 38.6 Å². The molecule has 2 aromatic carbocycles. The van der Waals surface area contributed by atoms with Gasteiger partial charge in [-0.3, -0.25) is 10.1 Å². The lowest BCUT2D eigenvalue weighted by molar-refractivity contribution is -0.135. The van der Waals surface area contributed by atoms with Gasteiger partial charge in [-0.1, -0.05) is 12.1 Å². The first-order chi connectivity index (χ1) is 18.8. The van der Waals surface area contributed by atoms with Gasteiger partial charge in [-0.05, 0) is 43.0 Å². The van der Waals surface area contributed by atoms with Gasteiger partial charge < -0.3 is 19.3 Å². The molecule has 3 rings (SSSR count). The molecular weight excluding hydrogens is 554 g/mol. The standard InChI is InChI=1S/C27H27ClF2N2O6S/c1-36-23(26(34)35)14-19-20(29)12-17(13-21(19)30)25(33)32-27-31-22(15-39-27)18-7-5-6-16(24(18)37-2)8-11-38-10-4-3-9-28/h5-7,12-15H,3-4,8-11H2,1-2H3,(H,34,35)(H,31,32,33)/b23-14+. The number of unbranched alkanes of at least 4 members (excludes halogenated alkanes) is 1. The summed E-state index contributed by atoms with van der Waals surface area (Å²) < 4.78 is 45.0. The van der Waals surface area contributed by atoms with Crippen LogP contribution in [-0.4, -0.2) is 55.3 Å². The number of thiazole rings is 1. The van der Waals surface area contributed by atoms with E-state index in [0.717, 1.165) is 54.5 Å². The van der Waals surface area contributed by atoms with E-state index < -0.39 is 34.8 Å². The van der Waals surface area contributed by atoms with Crippen molar-refractivity contribution in [2.45, 2.75) is 19.3 Å². The number of benzene rings is 2. The fourth-order valence-electron chi connectivity index (χ4n) is 3.62. The average Bonchev–Trinajstić information content (AvgIpc) is 3.38. The Hall–Kier alpha value is -3.54. The number of nitrogens with one attached hydrogen (secondary N) is 1. The molecule has 0 unspecified atom stereocenters. The largest absolute Gasteiger partial charge is 0.496 e. The Labute approximate surface area is 233 Å². The van der Waals surface area contributed by atoms with E-state index in [0.29, 0.717) is 43.0 Å². The molecule has 0 atom stereocenters. The summed E-state index contributed by atoms with van der Waals surface area (Å²) in [5.41, 5.74) is 1.25. The van der Waals surface area contributed by atoms with Gasteiger partial charge in [0.1, 0.15) is 17.4 Å². The summed E-state index contributed by atoms with van der Waals surface area (Å²) in [6.45, 7) is 1.15. The molecule has 0 aliphatic heterocycles. The van der Waals surface area contributed by atoms with Gasteiger partial charge in [-0.25, -0.2) is 18.6 Å². The van der Waals surface area contributed by atoms with Crippen molar-refractivity contribution in [1.29, 1.82) is 0 Å². The second kappa shape index (κ2) is 14.6. The van der Waals surface area contributed by atoms with E-state index >= 15 is 0 Å². The monoisotopic (exact) mass is 580 g/mol. The van der Waals surface area contributed by atoms with Crippen molar-refractivity contribution in [2.24, 2.45) is 0 Å². The molecule has 0 saturated heterocycles. The fourth-order valence-corrected chi connectivity index (χ4v) is 4.52. The molecule has 1 amide bonds. The number of hydrogen-bond acceptors (Lipinski definition) is 7. The average molecular weight is 581 g/mol. The van der Waals surface area contributed by atoms with Crippen LogP contribution in [0.4, 0.5) is 13.9 Å². The quantitative estimate of drug-likeness (QED) is 0.104. The smallest absolute Gasteiger partial charge is 0.371 e. The minimum Gasteiger partial charge on any atom is -0.496 e. The first-order valence-electron chi connectivity index (χ1n) is 11.8.